The van der Waals surface area contributed by atoms with Crippen molar-refractivity contribution in [2.45, 2.75) is 37.8 Å². The van der Waals surface area contributed by atoms with Gasteiger partial charge in [-0.25, -0.2) is 0 Å². The van der Waals surface area contributed by atoms with E-state index in [-0.39, 0.29) is 12.1 Å². The van der Waals surface area contributed by atoms with Crippen LogP contribution in [0.25, 0.3) is 0 Å². The highest BCUT2D eigenvalue weighted by molar-refractivity contribution is 9.10. The van der Waals surface area contributed by atoms with Gasteiger partial charge in [-0.15, -0.1) is 0 Å². The van der Waals surface area contributed by atoms with Crippen LogP contribution in [0.1, 0.15) is 25.7 Å². The summed E-state index contributed by atoms with van der Waals surface area (Å²) in [6.45, 7) is 1.94. The van der Waals surface area contributed by atoms with Gasteiger partial charge in [0.05, 0.1) is 23.8 Å². The molecule has 90 valence electrons. The van der Waals surface area contributed by atoms with Gasteiger partial charge in [0, 0.05) is 18.3 Å². The molecule has 2 N–H and O–H groups in total. The number of aromatic nitrogens is 2. The molecule has 4 nitrogen and oxygen atoms in total. The number of rotatable bonds is 5. The molecule has 5 heteroatoms. The predicted octanol–water partition coefficient (Wildman–Crippen LogP) is 1.54. The number of hydrogen-bond acceptors (Lipinski definition) is 3. The minimum Gasteiger partial charge on any atom is -0.394 e. The third-order valence-electron chi connectivity index (χ3n) is 3.31. The first-order valence-electron chi connectivity index (χ1n) is 5.78. The fraction of sp³-hybridized carbons (Fsp3) is 0.727. The second kappa shape index (κ2) is 5.29. The zero-order valence-corrected chi connectivity index (χ0v) is 10.9. The van der Waals surface area contributed by atoms with E-state index in [2.05, 4.69) is 26.3 Å². The van der Waals surface area contributed by atoms with Crippen molar-refractivity contribution in [2.75, 3.05) is 13.2 Å². The van der Waals surface area contributed by atoms with Gasteiger partial charge in [0.15, 0.2) is 0 Å². The number of nitrogens with zero attached hydrogens (tertiary/aromatic N) is 2. The zero-order chi connectivity index (χ0) is 11.4. The maximum Gasteiger partial charge on any atom is 0.0632 e. The van der Waals surface area contributed by atoms with E-state index in [4.69, 9.17) is 0 Å². The summed E-state index contributed by atoms with van der Waals surface area (Å²) in [5.74, 6) is 0. The quantitative estimate of drug-likeness (QED) is 0.864. The summed E-state index contributed by atoms with van der Waals surface area (Å²) < 4.78 is 2.90. The number of nitrogens with one attached hydrogen (secondary N) is 1. The van der Waals surface area contributed by atoms with Crippen molar-refractivity contribution < 1.29 is 5.11 Å². The van der Waals surface area contributed by atoms with E-state index in [1.807, 2.05) is 10.9 Å². The molecule has 16 heavy (non-hydrogen) atoms. The Morgan fingerprint density at radius 1 is 1.50 bits per heavy atom. The fourth-order valence-corrected chi connectivity index (χ4v) is 2.67. The minimum absolute atomic E-state index is 0.0234. The van der Waals surface area contributed by atoms with Gasteiger partial charge in [0.1, 0.15) is 0 Å². The van der Waals surface area contributed by atoms with Crippen molar-refractivity contribution in [3.8, 4) is 0 Å². The average molecular weight is 288 g/mol. The highest BCUT2D eigenvalue weighted by atomic mass is 79.9. The normalized spacial score (nSPS) is 19.1. The molecule has 0 aliphatic heterocycles. The predicted molar refractivity (Wildman–Crippen MR) is 66.2 cm³/mol. The molecule has 2 rings (SSSR count). The van der Waals surface area contributed by atoms with Crippen molar-refractivity contribution in [1.29, 1.82) is 0 Å². The molecule has 0 spiro atoms. The minimum atomic E-state index is -0.0234. The Kier molecular flexibility index (Phi) is 4.00. The number of hydrogen-bond donors (Lipinski definition) is 2. The van der Waals surface area contributed by atoms with Gasteiger partial charge in [-0.2, -0.15) is 5.10 Å². The summed E-state index contributed by atoms with van der Waals surface area (Å²) in [6, 6.07) is 0. The van der Waals surface area contributed by atoms with Crippen molar-refractivity contribution >= 4 is 15.9 Å². The molecule has 1 aliphatic rings. The second-order valence-electron chi connectivity index (χ2n) is 4.49. The van der Waals surface area contributed by atoms with Crippen molar-refractivity contribution in [2.24, 2.45) is 0 Å². The van der Waals surface area contributed by atoms with Crippen LogP contribution in [0.15, 0.2) is 16.9 Å². The van der Waals surface area contributed by atoms with E-state index in [1.165, 1.54) is 12.8 Å². The van der Waals surface area contributed by atoms with Gasteiger partial charge in [0.2, 0.25) is 0 Å². The molecule has 0 radical (unpaired) electrons. The van der Waals surface area contributed by atoms with Crippen molar-refractivity contribution in [1.82, 2.24) is 15.1 Å². The van der Waals surface area contributed by atoms with Crippen LogP contribution in [-0.4, -0.2) is 33.6 Å². The molecule has 0 bridgehead atoms. The zero-order valence-electron chi connectivity index (χ0n) is 9.32. The number of aliphatic hydroxyl groups is 1. The third kappa shape index (κ3) is 2.84. The summed E-state index contributed by atoms with van der Waals surface area (Å²) in [5.41, 5.74) is -0.0234. The molecule has 0 atom stereocenters. The van der Waals surface area contributed by atoms with Crippen molar-refractivity contribution in [3.05, 3.63) is 16.9 Å². The molecule has 1 saturated carbocycles. The van der Waals surface area contributed by atoms with E-state index in [0.29, 0.717) is 0 Å². The smallest absolute Gasteiger partial charge is 0.0632 e. The number of halogens is 1. The topological polar surface area (TPSA) is 50.1 Å². The Morgan fingerprint density at radius 3 is 2.81 bits per heavy atom. The summed E-state index contributed by atoms with van der Waals surface area (Å²) >= 11 is 3.37. The van der Waals surface area contributed by atoms with Crippen LogP contribution >= 0.6 is 15.9 Å². The highest BCUT2D eigenvalue weighted by Crippen LogP contribution is 2.28. The molecular formula is C11H18BrN3O. The molecule has 0 unspecified atom stereocenters. The van der Waals surface area contributed by atoms with E-state index < -0.39 is 0 Å². The Hall–Kier alpha value is -0.390. The summed E-state index contributed by atoms with van der Waals surface area (Å²) in [6.07, 6.45) is 8.37. The summed E-state index contributed by atoms with van der Waals surface area (Å²) in [7, 11) is 0. The first-order valence-corrected chi connectivity index (χ1v) is 6.57. The van der Waals surface area contributed by atoms with Crippen LogP contribution in [0.3, 0.4) is 0 Å². The van der Waals surface area contributed by atoms with E-state index >= 15 is 0 Å². The molecule has 0 saturated heterocycles. The molecule has 1 fully saturated rings. The largest absolute Gasteiger partial charge is 0.394 e. The Bertz CT molecular complexity index is 334. The Balaban J connectivity index is 1.78. The first-order chi connectivity index (χ1) is 7.74. The van der Waals surface area contributed by atoms with Gasteiger partial charge in [-0.1, -0.05) is 12.8 Å². The first kappa shape index (κ1) is 12.1. The molecular weight excluding hydrogens is 270 g/mol. The molecule has 1 heterocycles. The second-order valence-corrected chi connectivity index (χ2v) is 5.41. The van der Waals surface area contributed by atoms with Gasteiger partial charge in [0.25, 0.3) is 0 Å². The number of aliphatic hydroxyl groups excluding tert-OH is 1. The standard InChI is InChI=1S/C11H18BrN3O/c12-10-7-14-15(8-10)6-5-13-11(9-16)3-1-2-4-11/h7-8,13,16H,1-6,9H2. The Labute approximate surface area is 104 Å². The highest BCUT2D eigenvalue weighted by Gasteiger charge is 2.32. The van der Waals surface area contributed by atoms with Crippen LogP contribution in [0, 0.1) is 0 Å². The van der Waals surface area contributed by atoms with E-state index in [9.17, 15) is 5.11 Å². The van der Waals surface area contributed by atoms with Gasteiger partial charge in [-0.05, 0) is 28.8 Å². The van der Waals surface area contributed by atoms with Crippen LogP contribution in [-0.2, 0) is 6.54 Å². The summed E-state index contributed by atoms with van der Waals surface area (Å²) in [5, 5.41) is 17.1. The maximum absolute atomic E-state index is 9.43. The molecule has 0 aromatic carbocycles. The monoisotopic (exact) mass is 287 g/mol. The lowest BCUT2D eigenvalue weighted by molar-refractivity contribution is 0.163. The molecule has 0 amide bonds. The molecule has 1 aromatic heterocycles. The molecule has 1 aromatic rings. The van der Waals surface area contributed by atoms with Gasteiger partial charge in [-0.3, -0.25) is 4.68 Å². The summed E-state index contributed by atoms with van der Waals surface area (Å²) in [4.78, 5) is 0. The van der Waals surface area contributed by atoms with Crippen LogP contribution in [0.4, 0.5) is 0 Å². The van der Waals surface area contributed by atoms with Gasteiger partial charge < -0.3 is 10.4 Å². The molecule has 1 aliphatic carbocycles. The lowest BCUT2D eigenvalue weighted by Crippen LogP contribution is -2.47. The SMILES string of the molecule is OCC1(NCCn2cc(Br)cn2)CCCC1. The average Bonchev–Trinajstić information content (AvgIpc) is 2.89. The third-order valence-corrected chi connectivity index (χ3v) is 3.72. The fourth-order valence-electron chi connectivity index (χ4n) is 2.34. The van der Waals surface area contributed by atoms with E-state index in [1.54, 1.807) is 6.20 Å². The Morgan fingerprint density at radius 2 is 2.25 bits per heavy atom. The lowest BCUT2D eigenvalue weighted by atomic mass is 9.99. The maximum atomic E-state index is 9.43. The lowest BCUT2D eigenvalue weighted by Gasteiger charge is -2.28. The van der Waals surface area contributed by atoms with Crippen LogP contribution in [0.5, 0.6) is 0 Å². The van der Waals surface area contributed by atoms with Crippen LogP contribution < -0.4 is 5.32 Å². The van der Waals surface area contributed by atoms with Crippen LogP contribution in [0.2, 0.25) is 0 Å². The van der Waals surface area contributed by atoms with Crippen molar-refractivity contribution in [3.63, 3.8) is 0 Å². The van der Waals surface area contributed by atoms with E-state index in [0.717, 1.165) is 30.4 Å². The van der Waals surface area contributed by atoms with Gasteiger partial charge >= 0.3 is 0 Å².